The van der Waals surface area contributed by atoms with Gasteiger partial charge in [-0.3, -0.25) is 0 Å². The molecule has 0 aromatic carbocycles. The summed E-state index contributed by atoms with van der Waals surface area (Å²) in [6.07, 6.45) is 0. The zero-order valence-electron chi connectivity index (χ0n) is 9.47. The molecule has 16 heteroatoms. The Morgan fingerprint density at radius 1 is 0.632 bits per heavy atom. The molecule has 19 heavy (non-hydrogen) atoms. The normalized spacial score (nSPS) is 10.9. The van der Waals surface area contributed by atoms with Gasteiger partial charge in [0.2, 0.25) is 0 Å². The van der Waals surface area contributed by atoms with Crippen molar-refractivity contribution in [2.24, 2.45) is 0 Å². The second-order valence-electron chi connectivity index (χ2n) is 2.69. The molecule has 0 aromatic heterocycles. The maximum atomic E-state index is 9.75. The fraction of sp³-hybridized carbons (Fsp3) is 0.333. The Hall–Kier alpha value is 0.731. The standard InChI is InChI=1S/C3H5.3BF4.K/c1-3-2;3*2-1(3,4)5;/h1H2,2H3;;;;/q;3*-1;. The Kier molecular flexibility index (Phi) is 18.4. The zero-order valence-corrected chi connectivity index (χ0v) is 12.6. The second kappa shape index (κ2) is 12.5. The van der Waals surface area contributed by atoms with Crippen molar-refractivity contribution in [1.82, 2.24) is 0 Å². The smallest absolute Gasteiger partial charge is 0.418 e. The summed E-state index contributed by atoms with van der Waals surface area (Å²) in [5.74, 6) is 0. The van der Waals surface area contributed by atoms with Gasteiger partial charge in [0.15, 0.2) is 0 Å². The van der Waals surface area contributed by atoms with E-state index in [4.69, 9.17) is 0 Å². The maximum Gasteiger partial charge on any atom is 0.673 e. The number of halogens is 12. The number of allylic oxidation sites excluding steroid dienone is 1. The molecule has 0 N–H and O–H groups in total. The van der Waals surface area contributed by atoms with E-state index in [1.54, 1.807) is 0 Å². The molecule has 0 aromatic rings. The topological polar surface area (TPSA) is 0 Å². The van der Waals surface area contributed by atoms with E-state index in [-0.39, 0.29) is 0 Å². The van der Waals surface area contributed by atoms with Crippen LogP contribution in [0.5, 0.6) is 0 Å². The van der Waals surface area contributed by atoms with E-state index in [0.29, 0.717) is 0 Å². The Morgan fingerprint density at radius 3 is 0.632 bits per heavy atom. The van der Waals surface area contributed by atoms with Crippen LogP contribution < -0.4 is 0 Å². The monoisotopic (exact) mass is 341 g/mol. The summed E-state index contributed by atoms with van der Waals surface area (Å²) in [6.45, 7) is 5.69. The summed E-state index contributed by atoms with van der Waals surface area (Å²) in [6, 6.07) is 0. The molecule has 0 heterocycles. The minimum absolute atomic E-state index is 0.868. The van der Waals surface area contributed by atoms with Gasteiger partial charge >= 0.3 is 83.9 Å². The van der Waals surface area contributed by atoms with E-state index in [0.717, 1.165) is 49.0 Å². The fourth-order valence-corrected chi connectivity index (χ4v) is 0. The number of hydrogen-bond donors (Lipinski definition) is 0. The van der Waals surface area contributed by atoms with Crippen LogP contribution in [-0.4, -0.2) is 70.7 Å². The second-order valence-corrected chi connectivity index (χ2v) is 5.36. The fourth-order valence-electron chi connectivity index (χ4n) is 0. The van der Waals surface area contributed by atoms with Gasteiger partial charge in [-0.05, 0) is 0 Å². The van der Waals surface area contributed by atoms with Gasteiger partial charge in [0, 0.05) is 0 Å². The number of hydrogen-bond acceptors (Lipinski definition) is 0. The summed E-state index contributed by atoms with van der Waals surface area (Å²) in [4.78, 5) is 0. The van der Waals surface area contributed by atoms with E-state index in [9.17, 15) is 51.8 Å². The minimum atomic E-state index is -6.00. The third-order valence-electron chi connectivity index (χ3n) is 0. The Bertz CT molecular complexity index is 165. The third-order valence-corrected chi connectivity index (χ3v) is 0. The quantitative estimate of drug-likeness (QED) is 0.447. The van der Waals surface area contributed by atoms with E-state index in [1.165, 1.54) is -0.332 Å². The first-order chi connectivity index (χ1) is 7.73. The molecule has 0 radical (unpaired) electrons. The van der Waals surface area contributed by atoms with Crippen molar-refractivity contribution >= 4 is 70.7 Å². The Morgan fingerprint density at radius 2 is 0.632 bits per heavy atom. The SMILES string of the molecule is C=[C](C)[K].F[B-](F)(F)F.F[B-](F)(F)F.F[B-](F)(F)F. The van der Waals surface area contributed by atoms with Crippen molar-refractivity contribution in [3.05, 3.63) is 6.25 Å². The van der Waals surface area contributed by atoms with Crippen molar-refractivity contribution in [1.29, 1.82) is 0 Å². The van der Waals surface area contributed by atoms with Gasteiger partial charge in [-0.2, -0.15) is 0 Å². The summed E-state index contributed by atoms with van der Waals surface area (Å²) in [5, 5.41) is 0. The molecule has 0 aliphatic carbocycles. The molecule has 0 aliphatic heterocycles. The molecular formula is C3H5B3F12K-3. The summed E-state index contributed by atoms with van der Waals surface area (Å²) < 4.78 is 118. The van der Waals surface area contributed by atoms with Crippen molar-refractivity contribution in [3.8, 4) is 0 Å². The van der Waals surface area contributed by atoms with Crippen LogP contribution >= 0.6 is 0 Å². The van der Waals surface area contributed by atoms with E-state index in [2.05, 4.69) is 13.5 Å². The van der Waals surface area contributed by atoms with Gasteiger partial charge in [-0.25, -0.2) is 0 Å². The summed E-state index contributed by atoms with van der Waals surface area (Å²) in [7, 11) is -18.0. The Balaban J connectivity index is -0.0000000793. The average molecular weight is 341 g/mol. The molecule has 0 aliphatic rings. The molecule has 0 nitrogen and oxygen atoms in total. The summed E-state index contributed by atoms with van der Waals surface area (Å²) >= 11 is 0.868. The van der Waals surface area contributed by atoms with Crippen LogP contribution in [0, 0.1) is 0 Å². The van der Waals surface area contributed by atoms with Gasteiger partial charge in [0.05, 0.1) is 0 Å². The first-order valence-corrected chi connectivity index (χ1v) is 5.53. The van der Waals surface area contributed by atoms with Crippen molar-refractivity contribution in [2.75, 3.05) is 0 Å². The van der Waals surface area contributed by atoms with Crippen LogP contribution in [0.2, 0.25) is 0 Å². The van der Waals surface area contributed by atoms with E-state index < -0.39 is 21.8 Å². The molecule has 0 saturated heterocycles. The first kappa shape index (κ1) is 28.0. The van der Waals surface area contributed by atoms with Crippen LogP contribution in [0.1, 0.15) is 6.92 Å². The van der Waals surface area contributed by atoms with Crippen molar-refractivity contribution in [2.45, 2.75) is 6.92 Å². The predicted octanol–water partition coefficient (Wildman–Crippen LogP) is 4.59. The van der Waals surface area contributed by atoms with Gasteiger partial charge in [-0.15, -0.1) is 0 Å². The molecule has 114 valence electrons. The minimum Gasteiger partial charge on any atom is -0.418 e. The molecule has 0 unspecified atom stereocenters. The van der Waals surface area contributed by atoms with Crippen LogP contribution in [-0.2, 0) is 0 Å². The van der Waals surface area contributed by atoms with Gasteiger partial charge < -0.3 is 51.8 Å². The van der Waals surface area contributed by atoms with Gasteiger partial charge in [-0.1, -0.05) is 0 Å². The van der Waals surface area contributed by atoms with Crippen LogP contribution in [0.4, 0.5) is 51.8 Å². The third kappa shape index (κ3) is 9810. The largest absolute Gasteiger partial charge is 0.673 e. The van der Waals surface area contributed by atoms with Crippen LogP contribution in [0.3, 0.4) is 0 Å². The molecule has 0 rings (SSSR count). The maximum absolute atomic E-state index is 9.75. The molecular weight excluding hydrogens is 336 g/mol. The van der Waals surface area contributed by atoms with E-state index in [1.807, 2.05) is 0 Å². The van der Waals surface area contributed by atoms with E-state index >= 15 is 0 Å². The molecule has 0 fully saturated rings. The molecule has 0 amide bonds. The summed E-state index contributed by atoms with van der Waals surface area (Å²) in [5.41, 5.74) is 0. The number of rotatable bonds is 0. The first-order valence-electron chi connectivity index (χ1n) is 3.97. The van der Waals surface area contributed by atoms with Crippen LogP contribution in [0.15, 0.2) is 6.25 Å². The molecule has 0 spiro atoms. The van der Waals surface area contributed by atoms with Gasteiger partial charge in [0.1, 0.15) is 0 Å². The molecule has 0 atom stereocenters. The van der Waals surface area contributed by atoms with Crippen molar-refractivity contribution in [3.63, 3.8) is 0 Å². The van der Waals surface area contributed by atoms with Gasteiger partial charge in [0.25, 0.3) is 0 Å². The molecule has 0 saturated carbocycles. The van der Waals surface area contributed by atoms with Crippen LogP contribution in [0.25, 0.3) is 0 Å². The Labute approximate surface area is 134 Å². The molecule has 0 bridgehead atoms. The predicted molar refractivity (Wildman–Crippen MR) is 51.1 cm³/mol. The van der Waals surface area contributed by atoms with Crippen molar-refractivity contribution < 1.29 is 51.8 Å². The average Bonchev–Trinajstić information content (AvgIpc) is 1.66. The zero-order chi connectivity index (χ0) is 17.1.